The molecule has 2 saturated heterocycles. The van der Waals surface area contributed by atoms with Gasteiger partial charge < -0.3 is 25.3 Å². The summed E-state index contributed by atoms with van der Waals surface area (Å²) in [5, 5.41) is 23.2. The Balaban J connectivity index is 1.27. The Morgan fingerprint density at radius 3 is 2.76 bits per heavy atom. The number of amides is 2. The van der Waals surface area contributed by atoms with E-state index in [1.165, 1.54) is 16.7 Å². The van der Waals surface area contributed by atoms with Gasteiger partial charge in [0.25, 0.3) is 0 Å². The summed E-state index contributed by atoms with van der Waals surface area (Å²) < 4.78 is 4.28. The maximum atomic E-state index is 13.3. The van der Waals surface area contributed by atoms with Gasteiger partial charge in [-0.3, -0.25) is 9.59 Å². The van der Waals surface area contributed by atoms with E-state index in [-0.39, 0.29) is 40.8 Å². The maximum absolute atomic E-state index is 13.3. The lowest BCUT2D eigenvalue weighted by molar-refractivity contribution is -0.710. The lowest BCUT2D eigenvalue weighted by atomic mass is 9.79. The molecule has 2 fully saturated rings. The van der Waals surface area contributed by atoms with Crippen molar-refractivity contribution in [2.45, 2.75) is 63.7 Å². The zero-order chi connectivity index (χ0) is 24.5. The van der Waals surface area contributed by atoms with Crippen molar-refractivity contribution in [2.75, 3.05) is 13.1 Å². The van der Waals surface area contributed by atoms with E-state index in [2.05, 4.69) is 27.7 Å². The molecule has 2 amide bonds. The van der Waals surface area contributed by atoms with Crippen molar-refractivity contribution in [3.05, 3.63) is 28.3 Å². The third-order valence-electron chi connectivity index (χ3n) is 7.86. The molecule has 34 heavy (non-hydrogen) atoms. The predicted molar refractivity (Wildman–Crippen MR) is 123 cm³/mol. The number of carboxylic acids is 1. The van der Waals surface area contributed by atoms with Crippen LogP contribution in [-0.2, 0) is 34.5 Å². The zero-order valence-corrected chi connectivity index (χ0v) is 20.7. The molecule has 5 heterocycles. The Morgan fingerprint density at radius 2 is 2.09 bits per heavy atom. The highest BCUT2D eigenvalue weighted by Crippen LogP contribution is 2.51. The van der Waals surface area contributed by atoms with Crippen molar-refractivity contribution in [2.24, 2.45) is 18.9 Å². The monoisotopic (exact) mass is 490 g/mol. The normalized spacial score (nSPS) is 31.4. The minimum Gasteiger partial charge on any atom is -0.477 e. The Labute approximate surface area is 202 Å². The molecule has 1 aromatic rings. The molecule has 0 saturated carbocycles. The predicted octanol–water partition coefficient (Wildman–Crippen LogP) is -0.419. The van der Waals surface area contributed by atoms with Crippen molar-refractivity contribution in [3.8, 4) is 0 Å². The van der Waals surface area contributed by atoms with Crippen LogP contribution in [0.2, 0.25) is 0 Å². The van der Waals surface area contributed by atoms with Gasteiger partial charge in [0.1, 0.15) is 17.9 Å². The minimum atomic E-state index is -1.12. The summed E-state index contributed by atoms with van der Waals surface area (Å²) in [6, 6.07) is -0.621. The number of hydrogen-bond donors (Lipinski definition) is 3. The van der Waals surface area contributed by atoms with Crippen LogP contribution in [-0.4, -0.2) is 78.9 Å². The van der Waals surface area contributed by atoms with Gasteiger partial charge in [-0.05, 0) is 13.3 Å². The number of carbonyl (C=O) groups is 3. The van der Waals surface area contributed by atoms with Crippen molar-refractivity contribution >= 4 is 29.5 Å². The molecular formula is C23H32N5O5S+. The summed E-state index contributed by atoms with van der Waals surface area (Å²) in [6.07, 6.45) is 1.86. The Kier molecular flexibility index (Phi) is 5.77. The van der Waals surface area contributed by atoms with Crippen molar-refractivity contribution < 1.29 is 29.2 Å². The molecule has 0 radical (unpaired) electrons. The van der Waals surface area contributed by atoms with E-state index in [0.717, 1.165) is 17.9 Å². The van der Waals surface area contributed by atoms with Crippen LogP contribution in [0.5, 0.6) is 0 Å². The summed E-state index contributed by atoms with van der Waals surface area (Å²) in [7, 11) is 2.01. The number of aryl methyl sites for hydroxylation is 1. The quantitative estimate of drug-likeness (QED) is 0.379. The number of aliphatic hydroxyl groups is 1. The van der Waals surface area contributed by atoms with Crippen LogP contribution in [0.25, 0.3) is 0 Å². The van der Waals surface area contributed by atoms with Crippen LogP contribution in [0.1, 0.15) is 31.7 Å². The SMILES string of the molecule is Cc1c2[n+](cn1C)CCN(C(=O)[C@@H]1C[C@H](SC3=C(C(=O)O)N4C(=O)[C@H]([C@@H](C)O)[C@H]4[C@H]3C)CN1)C2. The highest BCUT2D eigenvalue weighted by Gasteiger charge is 2.60. The average molecular weight is 491 g/mol. The van der Waals surface area contributed by atoms with E-state index < -0.39 is 18.0 Å². The van der Waals surface area contributed by atoms with E-state index in [4.69, 9.17) is 0 Å². The molecule has 4 aliphatic heterocycles. The van der Waals surface area contributed by atoms with Crippen LogP contribution in [0.4, 0.5) is 0 Å². The molecule has 184 valence electrons. The molecule has 1 aromatic heterocycles. The van der Waals surface area contributed by atoms with E-state index >= 15 is 0 Å². The molecule has 0 unspecified atom stereocenters. The number of nitrogens with one attached hydrogen (secondary N) is 1. The second kappa shape index (κ2) is 8.39. The first-order valence-corrected chi connectivity index (χ1v) is 12.7. The molecular weight excluding hydrogens is 458 g/mol. The van der Waals surface area contributed by atoms with Gasteiger partial charge in [-0.1, -0.05) is 6.92 Å². The van der Waals surface area contributed by atoms with Crippen LogP contribution >= 0.6 is 11.8 Å². The third kappa shape index (κ3) is 3.47. The number of imidazole rings is 1. The molecule has 10 nitrogen and oxygen atoms in total. The zero-order valence-electron chi connectivity index (χ0n) is 19.9. The second-order valence-electron chi connectivity index (χ2n) is 9.92. The van der Waals surface area contributed by atoms with E-state index in [1.54, 1.807) is 6.92 Å². The number of hydrogen-bond acceptors (Lipinski definition) is 6. The van der Waals surface area contributed by atoms with Crippen molar-refractivity contribution in [1.29, 1.82) is 0 Å². The standard InChI is InChI=1S/C23H31N5O5S/c1-11-18-17(13(3)29)22(31)28(18)19(23(32)33)20(11)34-14-7-15(24-8-14)21(30)26-5-6-27-10-25(4)12(2)16(27)9-26/h10-11,13-15,17-18,24,29H,5-9H2,1-4H3/p+1/t11-,13-,14+,15+,17-,18-/m1/s1. The van der Waals surface area contributed by atoms with Gasteiger partial charge in [0, 0.05) is 29.5 Å². The van der Waals surface area contributed by atoms with Crippen LogP contribution in [0, 0.1) is 18.8 Å². The maximum Gasteiger partial charge on any atom is 0.353 e. The lowest BCUT2D eigenvalue weighted by Gasteiger charge is -2.46. The highest BCUT2D eigenvalue weighted by atomic mass is 32.2. The second-order valence-corrected chi connectivity index (χ2v) is 11.3. The van der Waals surface area contributed by atoms with Crippen LogP contribution in [0.3, 0.4) is 0 Å². The van der Waals surface area contributed by atoms with Crippen molar-refractivity contribution in [1.82, 2.24) is 19.7 Å². The Hall–Kier alpha value is -2.37. The molecule has 4 aliphatic rings. The average Bonchev–Trinajstić information content (AvgIpc) is 3.43. The summed E-state index contributed by atoms with van der Waals surface area (Å²) in [5.41, 5.74) is 2.35. The molecule has 0 bridgehead atoms. The van der Waals surface area contributed by atoms with Crippen LogP contribution < -0.4 is 9.88 Å². The number of aliphatic carboxylic acids is 1. The van der Waals surface area contributed by atoms with Gasteiger partial charge in [0.15, 0.2) is 5.69 Å². The smallest absolute Gasteiger partial charge is 0.353 e. The highest BCUT2D eigenvalue weighted by molar-refractivity contribution is 8.03. The number of fused-ring (bicyclic) bond motifs is 2. The first kappa shape index (κ1) is 23.4. The van der Waals surface area contributed by atoms with E-state index in [9.17, 15) is 24.6 Å². The summed E-state index contributed by atoms with van der Waals surface area (Å²) in [5.74, 6) is -2.09. The molecule has 5 rings (SSSR count). The van der Waals surface area contributed by atoms with Gasteiger partial charge in [0.2, 0.25) is 18.1 Å². The number of β-lactam (4-membered cyclic amide) rings is 1. The first-order chi connectivity index (χ1) is 16.1. The third-order valence-corrected chi connectivity index (χ3v) is 9.37. The fourth-order valence-corrected chi connectivity index (χ4v) is 7.39. The Morgan fingerprint density at radius 1 is 1.35 bits per heavy atom. The summed E-state index contributed by atoms with van der Waals surface area (Å²) in [4.78, 5) is 41.8. The fraction of sp³-hybridized carbons (Fsp3) is 0.652. The van der Waals surface area contributed by atoms with E-state index in [1.807, 2.05) is 18.9 Å². The number of rotatable bonds is 5. The van der Waals surface area contributed by atoms with Gasteiger partial charge in [-0.2, -0.15) is 0 Å². The number of thioether (sulfide) groups is 1. The topological polar surface area (TPSA) is 119 Å². The molecule has 0 aromatic carbocycles. The molecule has 0 spiro atoms. The Bertz CT molecular complexity index is 1100. The lowest BCUT2D eigenvalue weighted by Crippen LogP contribution is -2.63. The summed E-state index contributed by atoms with van der Waals surface area (Å²) >= 11 is 1.47. The number of aromatic nitrogens is 2. The molecule has 6 atom stereocenters. The molecule has 11 heteroatoms. The first-order valence-electron chi connectivity index (χ1n) is 11.8. The summed E-state index contributed by atoms with van der Waals surface area (Å²) in [6.45, 7) is 8.19. The van der Waals surface area contributed by atoms with E-state index in [0.29, 0.717) is 31.0 Å². The number of aliphatic hydroxyl groups excluding tert-OH is 1. The van der Waals surface area contributed by atoms with Gasteiger partial charge >= 0.3 is 5.97 Å². The van der Waals surface area contributed by atoms with Gasteiger partial charge in [-0.15, -0.1) is 11.8 Å². The fourth-order valence-electron chi connectivity index (χ4n) is 5.91. The van der Waals surface area contributed by atoms with Crippen LogP contribution in [0.15, 0.2) is 16.9 Å². The van der Waals surface area contributed by atoms with Crippen molar-refractivity contribution in [3.63, 3.8) is 0 Å². The van der Waals surface area contributed by atoms with Gasteiger partial charge in [0.05, 0.1) is 44.2 Å². The number of carboxylic acid groups (broad SMARTS) is 1. The number of nitrogens with zero attached hydrogens (tertiary/aromatic N) is 4. The van der Waals surface area contributed by atoms with Gasteiger partial charge in [-0.25, -0.2) is 13.9 Å². The minimum absolute atomic E-state index is 0.0349. The molecule has 0 aliphatic carbocycles. The molecule has 3 N–H and O–H groups in total. The largest absolute Gasteiger partial charge is 0.477 e. The number of carbonyl (C=O) groups excluding carboxylic acids is 2.